The molecule has 1 aromatic rings. The number of aromatic hydroxyl groups is 1. The number of nitrogens with one attached hydrogen (secondary N) is 1. The first-order valence-electron chi connectivity index (χ1n) is 5.76. The van der Waals surface area contributed by atoms with Crippen LogP contribution in [0.3, 0.4) is 0 Å². The Morgan fingerprint density at radius 2 is 2.12 bits per heavy atom. The van der Waals surface area contributed by atoms with Gasteiger partial charge in [-0.15, -0.1) is 0 Å². The third-order valence-electron chi connectivity index (χ3n) is 3.18. The van der Waals surface area contributed by atoms with Crippen molar-refractivity contribution in [1.29, 1.82) is 0 Å². The fourth-order valence-electron chi connectivity index (χ4n) is 2.10. The molecule has 2 N–H and O–H groups in total. The molecule has 0 aliphatic carbocycles. The summed E-state index contributed by atoms with van der Waals surface area (Å²) in [5.74, 6) is 0.347. The molecule has 1 aromatic carbocycles. The first kappa shape index (κ1) is 12.1. The van der Waals surface area contributed by atoms with Crippen molar-refractivity contribution >= 4 is 5.78 Å². The van der Waals surface area contributed by atoms with E-state index in [9.17, 15) is 4.79 Å². The number of hydrogen-bond donors (Lipinski definition) is 2. The number of likely N-dealkylation sites (N-methyl/N-ethyl adjacent to an activating group) is 1. The van der Waals surface area contributed by atoms with Crippen LogP contribution in [0.5, 0.6) is 5.75 Å². The van der Waals surface area contributed by atoms with Gasteiger partial charge in [0, 0.05) is 12.5 Å². The Kier molecular flexibility index (Phi) is 3.76. The van der Waals surface area contributed by atoms with E-state index in [1.54, 1.807) is 24.3 Å². The topological polar surface area (TPSA) is 58.6 Å². The predicted molar refractivity (Wildman–Crippen MR) is 64.0 cm³/mol. The van der Waals surface area contributed by atoms with Crippen LogP contribution in [0.4, 0.5) is 0 Å². The lowest BCUT2D eigenvalue weighted by Crippen LogP contribution is -2.37. The zero-order valence-corrected chi connectivity index (χ0v) is 9.85. The number of Topliss-reactive ketones (excluding diaryl/α,β-unsaturated/α-hetero) is 1. The molecule has 0 saturated carbocycles. The normalized spacial score (nSPS) is 23.8. The summed E-state index contributed by atoms with van der Waals surface area (Å²) in [7, 11) is 1.85. The van der Waals surface area contributed by atoms with E-state index in [0.717, 1.165) is 5.56 Å². The number of carbonyl (C=O) groups is 1. The van der Waals surface area contributed by atoms with Crippen LogP contribution in [-0.2, 0) is 16.0 Å². The van der Waals surface area contributed by atoms with Crippen LogP contribution in [0.15, 0.2) is 24.3 Å². The molecule has 2 rings (SSSR count). The molecule has 17 heavy (non-hydrogen) atoms. The highest BCUT2D eigenvalue weighted by Crippen LogP contribution is 2.18. The van der Waals surface area contributed by atoms with E-state index >= 15 is 0 Å². The molecule has 0 bridgehead atoms. The Hall–Kier alpha value is -1.39. The van der Waals surface area contributed by atoms with Crippen molar-refractivity contribution in [3.05, 3.63) is 29.8 Å². The van der Waals surface area contributed by atoms with Gasteiger partial charge in [0.1, 0.15) is 11.5 Å². The van der Waals surface area contributed by atoms with Crippen molar-refractivity contribution < 1.29 is 14.6 Å². The second kappa shape index (κ2) is 5.29. The molecule has 0 spiro atoms. The van der Waals surface area contributed by atoms with Crippen LogP contribution < -0.4 is 5.32 Å². The number of ketones is 1. The average molecular weight is 235 g/mol. The van der Waals surface area contributed by atoms with Crippen molar-refractivity contribution in [2.24, 2.45) is 5.92 Å². The fourth-order valence-corrected chi connectivity index (χ4v) is 2.10. The van der Waals surface area contributed by atoms with Gasteiger partial charge in [-0.1, -0.05) is 12.1 Å². The van der Waals surface area contributed by atoms with Crippen molar-refractivity contribution in [2.45, 2.75) is 12.5 Å². The highest BCUT2D eigenvalue weighted by atomic mass is 16.5. The minimum absolute atomic E-state index is 0.0613. The standard InChI is InChI=1S/C13H17NO3/c1-14-12-8-17-7-11(12)13(16)6-9-2-4-10(15)5-3-9/h2-5,11-12,14-15H,6-8H2,1H3. The molecule has 1 saturated heterocycles. The second-order valence-corrected chi connectivity index (χ2v) is 4.35. The summed E-state index contributed by atoms with van der Waals surface area (Å²) in [5, 5.41) is 12.3. The van der Waals surface area contributed by atoms with Crippen LogP contribution >= 0.6 is 0 Å². The molecular weight excluding hydrogens is 218 g/mol. The predicted octanol–water partition coefficient (Wildman–Crippen LogP) is 0.738. The molecule has 4 heteroatoms. The fraction of sp³-hybridized carbons (Fsp3) is 0.462. The maximum absolute atomic E-state index is 12.1. The van der Waals surface area contributed by atoms with Gasteiger partial charge in [-0.05, 0) is 24.7 Å². The SMILES string of the molecule is CNC1COCC1C(=O)Cc1ccc(O)cc1. The zero-order valence-electron chi connectivity index (χ0n) is 9.85. The molecule has 0 radical (unpaired) electrons. The van der Waals surface area contributed by atoms with Gasteiger partial charge in [0.15, 0.2) is 0 Å². The van der Waals surface area contributed by atoms with Gasteiger partial charge in [-0.2, -0.15) is 0 Å². The molecule has 1 heterocycles. The summed E-state index contributed by atoms with van der Waals surface area (Å²) >= 11 is 0. The van der Waals surface area contributed by atoms with Gasteiger partial charge in [0.25, 0.3) is 0 Å². The van der Waals surface area contributed by atoms with E-state index in [2.05, 4.69) is 5.32 Å². The molecule has 2 atom stereocenters. The highest BCUT2D eigenvalue weighted by Gasteiger charge is 2.32. The number of benzene rings is 1. The second-order valence-electron chi connectivity index (χ2n) is 4.35. The zero-order chi connectivity index (χ0) is 12.3. The van der Waals surface area contributed by atoms with Crippen molar-refractivity contribution in [3.8, 4) is 5.75 Å². The number of rotatable bonds is 4. The van der Waals surface area contributed by atoms with E-state index in [1.165, 1.54) is 0 Å². The summed E-state index contributed by atoms with van der Waals surface area (Å²) < 4.78 is 5.32. The number of phenolic OH excluding ortho intramolecular Hbond substituents is 1. The maximum atomic E-state index is 12.1. The Morgan fingerprint density at radius 1 is 1.41 bits per heavy atom. The smallest absolute Gasteiger partial charge is 0.144 e. The first-order valence-corrected chi connectivity index (χ1v) is 5.76. The van der Waals surface area contributed by atoms with Crippen molar-refractivity contribution in [3.63, 3.8) is 0 Å². The van der Waals surface area contributed by atoms with Gasteiger partial charge in [0.2, 0.25) is 0 Å². The molecule has 2 unspecified atom stereocenters. The highest BCUT2D eigenvalue weighted by molar-refractivity contribution is 5.84. The molecule has 1 aliphatic rings. The Morgan fingerprint density at radius 3 is 2.76 bits per heavy atom. The Balaban J connectivity index is 1.99. The van der Waals surface area contributed by atoms with E-state index in [0.29, 0.717) is 19.6 Å². The molecule has 0 amide bonds. The van der Waals surface area contributed by atoms with E-state index < -0.39 is 0 Å². The lowest BCUT2D eigenvalue weighted by Gasteiger charge is -2.15. The Bertz CT molecular complexity index is 388. The summed E-state index contributed by atoms with van der Waals surface area (Å²) in [4.78, 5) is 12.1. The lowest BCUT2D eigenvalue weighted by molar-refractivity contribution is -0.122. The molecule has 1 fully saturated rings. The molecule has 0 aromatic heterocycles. The number of phenols is 1. The quantitative estimate of drug-likeness (QED) is 0.808. The van der Waals surface area contributed by atoms with Crippen molar-refractivity contribution in [1.82, 2.24) is 5.32 Å². The number of hydrogen-bond acceptors (Lipinski definition) is 4. The van der Waals surface area contributed by atoms with Crippen molar-refractivity contribution in [2.75, 3.05) is 20.3 Å². The summed E-state index contributed by atoms with van der Waals surface area (Å²) in [6.45, 7) is 1.10. The molecule has 92 valence electrons. The largest absolute Gasteiger partial charge is 0.508 e. The van der Waals surface area contributed by atoms with Crippen LogP contribution in [0.25, 0.3) is 0 Å². The number of carbonyl (C=O) groups excluding carboxylic acids is 1. The van der Waals surface area contributed by atoms with Gasteiger partial charge < -0.3 is 15.2 Å². The summed E-state index contributed by atoms with van der Waals surface area (Å²) in [6.07, 6.45) is 0.395. The maximum Gasteiger partial charge on any atom is 0.144 e. The van der Waals surface area contributed by atoms with Gasteiger partial charge in [0.05, 0.1) is 19.1 Å². The Labute approximate surface area is 101 Å². The third-order valence-corrected chi connectivity index (χ3v) is 3.18. The lowest BCUT2D eigenvalue weighted by atomic mass is 9.94. The third kappa shape index (κ3) is 2.84. The summed E-state index contributed by atoms with van der Waals surface area (Å²) in [5.41, 5.74) is 0.926. The van der Waals surface area contributed by atoms with E-state index in [1.807, 2.05) is 7.05 Å². The van der Waals surface area contributed by atoms with Gasteiger partial charge in [-0.3, -0.25) is 4.79 Å². The van der Waals surface area contributed by atoms with Crippen LogP contribution in [0.2, 0.25) is 0 Å². The number of ether oxygens (including phenoxy) is 1. The van der Waals surface area contributed by atoms with Crippen LogP contribution in [-0.4, -0.2) is 37.2 Å². The average Bonchev–Trinajstić information content (AvgIpc) is 2.80. The summed E-state index contributed by atoms with van der Waals surface area (Å²) in [6, 6.07) is 6.88. The molecule has 1 aliphatic heterocycles. The van der Waals surface area contributed by atoms with E-state index in [4.69, 9.17) is 9.84 Å². The first-order chi connectivity index (χ1) is 8.20. The van der Waals surface area contributed by atoms with Gasteiger partial charge >= 0.3 is 0 Å². The van der Waals surface area contributed by atoms with Crippen LogP contribution in [0, 0.1) is 5.92 Å². The van der Waals surface area contributed by atoms with E-state index in [-0.39, 0.29) is 23.5 Å². The molecule has 4 nitrogen and oxygen atoms in total. The monoisotopic (exact) mass is 235 g/mol. The van der Waals surface area contributed by atoms with Gasteiger partial charge in [-0.25, -0.2) is 0 Å². The minimum Gasteiger partial charge on any atom is -0.508 e. The van der Waals surface area contributed by atoms with Crippen LogP contribution in [0.1, 0.15) is 5.56 Å². The molecular formula is C13H17NO3. The minimum atomic E-state index is -0.0613.